The number of aryl methyl sites for hydroxylation is 1. The smallest absolute Gasteiger partial charge is 0.352 e. The third-order valence-corrected chi connectivity index (χ3v) is 7.23. The molecule has 0 aliphatic carbocycles. The summed E-state index contributed by atoms with van der Waals surface area (Å²) in [6, 6.07) is 0. The van der Waals surface area contributed by atoms with E-state index in [1.807, 2.05) is 13.3 Å². The number of carboxylic acid groups (broad SMARTS) is 1. The molecule has 3 rings (SSSR count). The van der Waals surface area contributed by atoms with Crippen molar-refractivity contribution in [3.05, 3.63) is 11.3 Å². The first kappa shape index (κ1) is 19.6. The molecule has 13 heteroatoms. The van der Waals surface area contributed by atoms with Crippen LogP contribution in [0.15, 0.2) is 16.4 Å². The minimum absolute atomic E-state index is 0.0346. The maximum Gasteiger partial charge on any atom is 0.352 e. The van der Waals surface area contributed by atoms with Gasteiger partial charge in [-0.2, -0.15) is 0 Å². The van der Waals surface area contributed by atoms with Crippen molar-refractivity contribution in [2.45, 2.75) is 16.3 Å². The highest BCUT2D eigenvalue weighted by Crippen LogP contribution is 2.49. The third-order valence-electron chi connectivity index (χ3n) is 3.98. The first-order valence-electron chi connectivity index (χ1n) is 7.58. The number of hydrogen-bond acceptors (Lipinski definition) is 9. The Bertz CT molecular complexity index is 772. The van der Waals surface area contributed by atoms with Crippen LogP contribution < -0.4 is 5.09 Å². The molecule has 0 saturated carbocycles. The standard InChI is InChI=1S/C13H19N6O4PS2/c1-18-12(14-16-17-18)26-6-7-5-25-11-13(23-2,15-24(3)4)10(22)19(11)8(7)9(20)21/h11,15H,5-6H2,1-4H3,(H,20,21)/t11-,13-/m0/s1. The van der Waals surface area contributed by atoms with Crippen LogP contribution in [-0.4, -0.2) is 85.1 Å². The van der Waals surface area contributed by atoms with Gasteiger partial charge in [-0.05, 0) is 37.4 Å². The van der Waals surface area contributed by atoms with Crippen molar-refractivity contribution in [1.29, 1.82) is 0 Å². The van der Waals surface area contributed by atoms with Crippen LogP contribution in [-0.2, 0) is 21.4 Å². The van der Waals surface area contributed by atoms with Gasteiger partial charge in [-0.1, -0.05) is 11.8 Å². The average molecular weight is 418 g/mol. The molecule has 3 heterocycles. The van der Waals surface area contributed by atoms with E-state index in [1.165, 1.54) is 40.2 Å². The van der Waals surface area contributed by atoms with Crippen LogP contribution in [0.4, 0.5) is 0 Å². The second-order valence-electron chi connectivity index (χ2n) is 5.92. The topological polar surface area (TPSA) is 122 Å². The summed E-state index contributed by atoms with van der Waals surface area (Å²) in [6.07, 6.45) is 0. The number of nitrogens with zero attached hydrogens (tertiary/aromatic N) is 5. The summed E-state index contributed by atoms with van der Waals surface area (Å²) >= 11 is 2.83. The number of carbonyl (C=O) groups excluding carboxylic acids is 1. The summed E-state index contributed by atoms with van der Waals surface area (Å²) in [6.45, 7) is 3.95. The number of carbonyl (C=O) groups is 2. The van der Waals surface area contributed by atoms with Gasteiger partial charge < -0.3 is 9.84 Å². The maximum absolute atomic E-state index is 12.8. The molecule has 0 aromatic carbocycles. The highest BCUT2D eigenvalue weighted by molar-refractivity contribution is 8.01. The summed E-state index contributed by atoms with van der Waals surface area (Å²) in [4.78, 5) is 26.0. The Kier molecular flexibility index (Phi) is 5.59. The molecule has 2 N–H and O–H groups in total. The molecule has 2 aliphatic rings. The molecule has 0 radical (unpaired) electrons. The second kappa shape index (κ2) is 7.43. The Morgan fingerprint density at radius 3 is 2.85 bits per heavy atom. The van der Waals surface area contributed by atoms with Gasteiger partial charge in [-0.15, -0.1) is 16.9 Å². The highest BCUT2D eigenvalue weighted by atomic mass is 32.2. The molecular weight excluding hydrogens is 399 g/mol. The van der Waals surface area contributed by atoms with Crippen molar-refractivity contribution in [3.63, 3.8) is 0 Å². The number of tetrazole rings is 1. The zero-order valence-electron chi connectivity index (χ0n) is 14.7. The van der Waals surface area contributed by atoms with E-state index < -0.39 is 25.1 Å². The number of fused-ring (bicyclic) bond motifs is 1. The highest BCUT2D eigenvalue weighted by Gasteiger charge is 2.65. The number of amides is 1. The van der Waals surface area contributed by atoms with Gasteiger partial charge in [0.1, 0.15) is 11.1 Å². The fourth-order valence-electron chi connectivity index (χ4n) is 2.86. The maximum atomic E-state index is 12.8. The summed E-state index contributed by atoms with van der Waals surface area (Å²) in [5.74, 6) is -0.600. The third kappa shape index (κ3) is 3.13. The Labute approximate surface area is 159 Å². The molecule has 0 spiro atoms. The normalized spacial score (nSPS) is 25.5. The van der Waals surface area contributed by atoms with Crippen LogP contribution >= 0.6 is 31.6 Å². The summed E-state index contributed by atoms with van der Waals surface area (Å²) < 4.78 is 7.02. The number of rotatable bonds is 7. The minimum Gasteiger partial charge on any atom is -0.477 e. The summed E-state index contributed by atoms with van der Waals surface area (Å²) in [7, 11) is 2.57. The van der Waals surface area contributed by atoms with Crippen molar-refractivity contribution < 1.29 is 19.4 Å². The minimum atomic E-state index is -1.16. The van der Waals surface area contributed by atoms with E-state index in [2.05, 4.69) is 20.6 Å². The molecule has 1 saturated heterocycles. The van der Waals surface area contributed by atoms with Crippen molar-refractivity contribution in [3.8, 4) is 0 Å². The molecule has 1 amide bonds. The number of aromatic nitrogens is 4. The van der Waals surface area contributed by atoms with E-state index in [0.29, 0.717) is 22.2 Å². The van der Waals surface area contributed by atoms with E-state index in [1.54, 1.807) is 7.05 Å². The average Bonchev–Trinajstić information content (AvgIpc) is 3.01. The molecule has 10 nitrogen and oxygen atoms in total. The van der Waals surface area contributed by atoms with Gasteiger partial charge in [0.2, 0.25) is 10.9 Å². The fraction of sp³-hybridized carbons (Fsp3) is 0.615. The van der Waals surface area contributed by atoms with E-state index in [9.17, 15) is 14.7 Å². The number of aliphatic carboxylic acids is 1. The van der Waals surface area contributed by atoms with Crippen LogP contribution in [0, 0.1) is 0 Å². The van der Waals surface area contributed by atoms with Gasteiger partial charge in [0.05, 0.1) is 0 Å². The van der Waals surface area contributed by atoms with E-state index in [-0.39, 0.29) is 11.6 Å². The lowest BCUT2D eigenvalue weighted by Gasteiger charge is -2.56. The number of nitrogens with one attached hydrogen (secondary N) is 1. The zero-order valence-corrected chi connectivity index (χ0v) is 17.2. The molecule has 0 bridgehead atoms. The van der Waals surface area contributed by atoms with Crippen LogP contribution in [0.25, 0.3) is 0 Å². The number of ether oxygens (including phenoxy) is 1. The van der Waals surface area contributed by atoms with Crippen LogP contribution in [0.1, 0.15) is 0 Å². The lowest BCUT2D eigenvalue weighted by atomic mass is 10.00. The first-order valence-corrected chi connectivity index (χ1v) is 11.8. The van der Waals surface area contributed by atoms with Gasteiger partial charge in [0.15, 0.2) is 0 Å². The van der Waals surface area contributed by atoms with Crippen LogP contribution in [0.5, 0.6) is 0 Å². The van der Waals surface area contributed by atoms with Gasteiger partial charge in [-0.3, -0.25) is 14.8 Å². The molecule has 26 heavy (non-hydrogen) atoms. The van der Waals surface area contributed by atoms with E-state index >= 15 is 0 Å². The molecular formula is C13H19N6O4PS2. The number of carboxylic acids is 1. The molecule has 2 aliphatic heterocycles. The molecule has 1 aromatic rings. The van der Waals surface area contributed by atoms with Crippen molar-refractivity contribution in [2.24, 2.45) is 7.05 Å². The Morgan fingerprint density at radius 2 is 2.31 bits per heavy atom. The predicted molar refractivity (Wildman–Crippen MR) is 98.9 cm³/mol. The van der Waals surface area contributed by atoms with Gasteiger partial charge in [0.25, 0.3) is 5.91 Å². The molecule has 2 atom stereocenters. The fourth-order valence-corrected chi connectivity index (χ4v) is 6.35. The number of hydrogen-bond donors (Lipinski definition) is 2. The van der Waals surface area contributed by atoms with Gasteiger partial charge >= 0.3 is 5.97 Å². The molecule has 1 aromatic heterocycles. The van der Waals surface area contributed by atoms with E-state index in [4.69, 9.17) is 4.74 Å². The first-order chi connectivity index (χ1) is 12.3. The number of thioether (sulfide) groups is 2. The van der Waals surface area contributed by atoms with Crippen LogP contribution in [0.3, 0.4) is 0 Å². The van der Waals surface area contributed by atoms with Gasteiger partial charge in [0, 0.05) is 25.7 Å². The summed E-state index contributed by atoms with van der Waals surface area (Å²) in [5.41, 5.74) is -0.459. The summed E-state index contributed by atoms with van der Waals surface area (Å²) in [5, 5.41) is 24.3. The lowest BCUT2D eigenvalue weighted by molar-refractivity contribution is -0.186. The number of methoxy groups -OCH3 is 1. The van der Waals surface area contributed by atoms with Crippen LogP contribution in [0.2, 0.25) is 0 Å². The van der Waals surface area contributed by atoms with Crippen molar-refractivity contribution >= 4 is 43.5 Å². The largest absolute Gasteiger partial charge is 0.477 e. The molecule has 0 unspecified atom stereocenters. The zero-order chi connectivity index (χ0) is 19.1. The Morgan fingerprint density at radius 1 is 1.58 bits per heavy atom. The SMILES string of the molecule is CO[C@@]1(NP(C)C)C(=O)N2C(C(=O)O)=C(CSc3nnnn3C)CS[C@H]21. The molecule has 142 valence electrons. The van der Waals surface area contributed by atoms with Crippen molar-refractivity contribution in [1.82, 2.24) is 30.2 Å². The quantitative estimate of drug-likeness (QED) is 0.274. The predicted octanol–water partition coefficient (Wildman–Crippen LogP) is 0.145. The number of β-lactam (4-membered cyclic amide) rings is 1. The monoisotopic (exact) mass is 418 g/mol. The molecule has 1 fully saturated rings. The van der Waals surface area contributed by atoms with E-state index in [0.717, 1.165) is 0 Å². The van der Waals surface area contributed by atoms with Crippen molar-refractivity contribution in [2.75, 3.05) is 31.9 Å². The Balaban J connectivity index is 1.86. The Hall–Kier alpha value is -1.20. The second-order valence-corrected chi connectivity index (χ2v) is 9.94. The lowest BCUT2D eigenvalue weighted by Crippen LogP contribution is -2.79. The van der Waals surface area contributed by atoms with Gasteiger partial charge in [-0.25, -0.2) is 9.48 Å².